The summed E-state index contributed by atoms with van der Waals surface area (Å²) in [4.78, 5) is 25.0. The molecule has 0 saturated heterocycles. The van der Waals surface area contributed by atoms with Gasteiger partial charge in [-0.25, -0.2) is 0 Å². The maximum Gasteiger partial charge on any atom is 0.305 e. The lowest BCUT2D eigenvalue weighted by Crippen LogP contribution is -2.35. The average molecular weight is 771 g/mol. The third kappa shape index (κ3) is 38.7. The number of aliphatic hydroxyl groups excluding tert-OH is 3. The van der Waals surface area contributed by atoms with E-state index in [1.54, 1.807) is 0 Å². The van der Waals surface area contributed by atoms with Crippen LogP contribution >= 0.6 is 0 Å². The van der Waals surface area contributed by atoms with Crippen LogP contribution in [0.1, 0.15) is 206 Å². The molecule has 0 heterocycles. The van der Waals surface area contributed by atoms with Crippen LogP contribution in [0.15, 0.2) is 12.2 Å². The number of allylic oxidation sites excluding steroid dienone is 2. The smallest absolute Gasteiger partial charge is 0.305 e. The number of hydrogen-bond donors (Lipinski definition) is 3. The van der Waals surface area contributed by atoms with E-state index in [9.17, 15) is 19.8 Å². The zero-order valence-electron chi connectivity index (χ0n) is 35.1. The van der Waals surface area contributed by atoms with E-state index in [-0.39, 0.29) is 45.0 Å². The third-order valence-corrected chi connectivity index (χ3v) is 9.94. The van der Waals surface area contributed by atoms with Crippen molar-refractivity contribution in [3.05, 3.63) is 12.2 Å². The van der Waals surface area contributed by atoms with Gasteiger partial charge in [0, 0.05) is 12.8 Å². The molecule has 3 N–H and O–H groups in total. The minimum Gasteiger partial charge on any atom is -0.463 e. The van der Waals surface area contributed by atoms with Crippen LogP contribution < -0.4 is 0 Å². The van der Waals surface area contributed by atoms with Gasteiger partial charge in [-0.3, -0.25) is 9.59 Å². The molecule has 320 valence electrons. The highest BCUT2D eigenvalue weighted by Crippen LogP contribution is 2.15. The second-order valence-electron chi connectivity index (χ2n) is 15.3. The maximum absolute atomic E-state index is 12.5. The van der Waals surface area contributed by atoms with E-state index in [4.69, 9.17) is 24.1 Å². The number of aliphatic hydroxyl groups is 3. The molecule has 0 rings (SSSR count). The molecule has 0 spiro atoms. The van der Waals surface area contributed by atoms with E-state index in [1.807, 2.05) is 0 Å². The number of rotatable bonds is 43. The first kappa shape index (κ1) is 52.5. The molecule has 0 aliphatic carbocycles. The molecule has 54 heavy (non-hydrogen) atoms. The van der Waals surface area contributed by atoms with Crippen LogP contribution in [0.4, 0.5) is 0 Å². The normalized spacial score (nSPS) is 13.4. The summed E-state index contributed by atoms with van der Waals surface area (Å²) < 4.78 is 22.2. The largest absolute Gasteiger partial charge is 0.463 e. The molecular weight excluding hydrogens is 684 g/mol. The quantitative estimate of drug-likeness (QED) is 0.0315. The Kier molecular flexibility index (Phi) is 41.4. The molecule has 9 nitrogen and oxygen atoms in total. The Morgan fingerprint density at radius 3 is 1.17 bits per heavy atom. The Morgan fingerprint density at radius 1 is 0.444 bits per heavy atom. The molecule has 0 aromatic carbocycles. The molecule has 0 aromatic rings. The Bertz CT molecular complexity index is 821. The monoisotopic (exact) mass is 771 g/mol. The molecule has 0 radical (unpaired) electrons. The molecular formula is C45H86O9. The van der Waals surface area contributed by atoms with Crippen LogP contribution in [-0.2, 0) is 28.5 Å². The van der Waals surface area contributed by atoms with E-state index in [0.717, 1.165) is 51.4 Å². The molecule has 0 bridgehead atoms. The van der Waals surface area contributed by atoms with E-state index < -0.39 is 24.9 Å². The topological polar surface area (TPSA) is 132 Å². The van der Waals surface area contributed by atoms with Crippen LogP contribution in [0.2, 0.25) is 0 Å². The maximum atomic E-state index is 12.5. The van der Waals surface area contributed by atoms with Crippen molar-refractivity contribution in [3.8, 4) is 0 Å². The molecule has 3 unspecified atom stereocenters. The summed E-state index contributed by atoms with van der Waals surface area (Å²) in [5.74, 6) is -0.620. The van der Waals surface area contributed by atoms with Crippen LogP contribution in [0.3, 0.4) is 0 Å². The van der Waals surface area contributed by atoms with Gasteiger partial charge in [-0.2, -0.15) is 0 Å². The average Bonchev–Trinajstić information content (AvgIpc) is 3.18. The summed E-state index contributed by atoms with van der Waals surface area (Å²) >= 11 is 0. The zero-order valence-corrected chi connectivity index (χ0v) is 35.1. The lowest BCUT2D eigenvalue weighted by Gasteiger charge is -2.22. The van der Waals surface area contributed by atoms with Gasteiger partial charge in [0.15, 0.2) is 0 Å². The summed E-state index contributed by atoms with van der Waals surface area (Å²) in [6, 6.07) is 0. The molecule has 0 aromatic heterocycles. The van der Waals surface area contributed by atoms with Crippen molar-refractivity contribution >= 4 is 11.9 Å². The minimum absolute atomic E-state index is 0.0539. The highest BCUT2D eigenvalue weighted by atomic mass is 16.6. The Morgan fingerprint density at radius 2 is 0.796 bits per heavy atom. The van der Waals surface area contributed by atoms with Crippen LogP contribution in [0.25, 0.3) is 0 Å². The first-order valence-electron chi connectivity index (χ1n) is 22.6. The molecule has 0 amide bonds. The summed E-state index contributed by atoms with van der Waals surface area (Å²) in [6.07, 6.45) is 37.2. The second kappa shape index (κ2) is 42.6. The third-order valence-electron chi connectivity index (χ3n) is 9.94. The summed E-state index contributed by atoms with van der Waals surface area (Å²) in [5.41, 5.74) is 0. The summed E-state index contributed by atoms with van der Waals surface area (Å²) in [7, 11) is 0. The van der Waals surface area contributed by atoms with Gasteiger partial charge in [-0.05, 0) is 38.5 Å². The van der Waals surface area contributed by atoms with E-state index in [2.05, 4.69) is 26.0 Å². The predicted octanol–water partition coefficient (Wildman–Crippen LogP) is 10.5. The lowest BCUT2D eigenvalue weighted by molar-refractivity contribution is -0.159. The van der Waals surface area contributed by atoms with Gasteiger partial charge in [0.05, 0.1) is 26.4 Å². The number of unbranched alkanes of at least 4 members (excludes halogenated alkanes) is 25. The van der Waals surface area contributed by atoms with Crippen molar-refractivity contribution in [2.45, 2.75) is 225 Å². The predicted molar refractivity (Wildman–Crippen MR) is 221 cm³/mol. The van der Waals surface area contributed by atoms with E-state index in [0.29, 0.717) is 12.8 Å². The van der Waals surface area contributed by atoms with Gasteiger partial charge in [-0.1, -0.05) is 167 Å². The molecule has 3 atom stereocenters. The van der Waals surface area contributed by atoms with Gasteiger partial charge in [0.2, 0.25) is 0 Å². The fraction of sp³-hybridized carbons (Fsp3) is 0.911. The minimum atomic E-state index is -1.06. The van der Waals surface area contributed by atoms with Gasteiger partial charge in [-0.15, -0.1) is 0 Å². The van der Waals surface area contributed by atoms with Gasteiger partial charge in [0.25, 0.3) is 0 Å². The summed E-state index contributed by atoms with van der Waals surface area (Å²) in [5, 5.41) is 28.3. The van der Waals surface area contributed by atoms with Gasteiger partial charge in [0.1, 0.15) is 31.5 Å². The fourth-order valence-electron chi connectivity index (χ4n) is 6.34. The number of carbonyl (C=O) groups excluding carboxylic acids is 2. The van der Waals surface area contributed by atoms with Crippen molar-refractivity contribution in [2.24, 2.45) is 0 Å². The van der Waals surface area contributed by atoms with Crippen molar-refractivity contribution in [1.82, 2.24) is 0 Å². The SMILES string of the molecule is CCCCCCCC/C=C\CCCCCCCC(=O)OCC(COC(=O)CCCCCCCCCCCCCCCCC)OCC(CO)OCC(O)CO. The molecule has 9 heteroatoms. The number of ether oxygens (including phenoxy) is 4. The van der Waals surface area contributed by atoms with Gasteiger partial charge >= 0.3 is 11.9 Å². The van der Waals surface area contributed by atoms with Crippen molar-refractivity contribution in [2.75, 3.05) is 39.6 Å². The van der Waals surface area contributed by atoms with Crippen LogP contribution in [-0.4, -0.2) is 85.2 Å². The van der Waals surface area contributed by atoms with Crippen LogP contribution in [0.5, 0.6) is 0 Å². The second-order valence-corrected chi connectivity index (χ2v) is 15.3. The molecule has 0 fully saturated rings. The molecule has 0 saturated carbocycles. The summed E-state index contributed by atoms with van der Waals surface area (Å²) in [6.45, 7) is 3.33. The Balaban J connectivity index is 4.24. The van der Waals surface area contributed by atoms with Crippen LogP contribution in [0, 0.1) is 0 Å². The number of hydrogen-bond acceptors (Lipinski definition) is 9. The first-order chi connectivity index (χ1) is 26.5. The van der Waals surface area contributed by atoms with E-state index in [1.165, 1.54) is 128 Å². The molecule has 0 aliphatic heterocycles. The number of esters is 2. The highest BCUT2D eigenvalue weighted by molar-refractivity contribution is 5.69. The first-order valence-corrected chi connectivity index (χ1v) is 22.6. The highest BCUT2D eigenvalue weighted by Gasteiger charge is 2.19. The lowest BCUT2D eigenvalue weighted by atomic mass is 10.0. The standard InChI is InChI=1S/C45H86O9/c1-3-5-7-9-11-13-15-17-19-21-23-25-27-29-31-33-44(49)53-39-43(52-38-42(36-47)51-37-41(48)35-46)40-54-45(50)34-32-30-28-26-24-22-20-18-16-14-12-10-8-6-4-2/h17,19,41-43,46-48H,3-16,18,20-40H2,1-2H3/b19-17-. The molecule has 0 aliphatic rings. The Labute approximate surface area is 331 Å². The van der Waals surface area contributed by atoms with Crippen molar-refractivity contribution in [3.63, 3.8) is 0 Å². The van der Waals surface area contributed by atoms with Crippen molar-refractivity contribution in [1.29, 1.82) is 0 Å². The van der Waals surface area contributed by atoms with Gasteiger partial charge < -0.3 is 34.3 Å². The number of carbonyl (C=O) groups is 2. The van der Waals surface area contributed by atoms with E-state index >= 15 is 0 Å². The zero-order chi connectivity index (χ0) is 39.6. The fourth-order valence-corrected chi connectivity index (χ4v) is 6.34. The Hall–Kier alpha value is -1.52. The van der Waals surface area contributed by atoms with Crippen molar-refractivity contribution < 1.29 is 43.9 Å².